The summed E-state index contributed by atoms with van der Waals surface area (Å²) < 4.78 is 11.0. The van der Waals surface area contributed by atoms with Gasteiger partial charge in [-0.1, -0.05) is 38.1 Å². The summed E-state index contributed by atoms with van der Waals surface area (Å²) >= 11 is 0. The number of carbonyl (C=O) groups is 2. The van der Waals surface area contributed by atoms with Crippen LogP contribution in [0.15, 0.2) is 36.4 Å². The molecule has 1 fully saturated rings. The Kier molecular flexibility index (Phi) is 8.19. The zero-order valence-electron chi connectivity index (χ0n) is 20.1. The second-order valence-electron chi connectivity index (χ2n) is 9.74. The van der Waals surface area contributed by atoms with Gasteiger partial charge in [0.15, 0.2) is 0 Å². The predicted octanol–water partition coefficient (Wildman–Crippen LogP) is 3.91. The number of amides is 2. The van der Waals surface area contributed by atoms with Crippen molar-refractivity contribution in [1.29, 1.82) is 0 Å². The Morgan fingerprint density at radius 1 is 1.21 bits per heavy atom. The molecule has 1 heterocycles. The summed E-state index contributed by atoms with van der Waals surface area (Å²) in [5.41, 5.74) is 0.976. The van der Waals surface area contributed by atoms with Gasteiger partial charge < -0.3 is 24.8 Å². The molecule has 2 aromatic carbocycles. The van der Waals surface area contributed by atoms with Crippen molar-refractivity contribution in [3.8, 4) is 5.75 Å². The fraction of sp³-hybridized carbons (Fsp3) is 0.538. The quantitative estimate of drug-likeness (QED) is 0.597. The highest BCUT2D eigenvalue weighted by atomic mass is 16.5. The molecule has 1 aliphatic heterocycles. The van der Waals surface area contributed by atoms with Crippen LogP contribution >= 0.6 is 0 Å². The number of likely N-dealkylation sites (tertiary alicyclic amines) is 1. The van der Waals surface area contributed by atoms with E-state index in [2.05, 4.69) is 43.4 Å². The molecule has 1 aliphatic rings. The van der Waals surface area contributed by atoms with Crippen molar-refractivity contribution in [1.82, 2.24) is 10.2 Å². The summed E-state index contributed by atoms with van der Waals surface area (Å²) in [7, 11) is 1.70. The third-order valence-electron chi connectivity index (χ3n) is 6.30. The van der Waals surface area contributed by atoms with Crippen LogP contribution in [0, 0.1) is 5.41 Å². The minimum atomic E-state index is -0.597. The molecule has 2 N–H and O–H groups in total. The van der Waals surface area contributed by atoms with Crippen LogP contribution in [-0.2, 0) is 16.0 Å². The topological polar surface area (TPSA) is 88.1 Å². The number of methoxy groups -OCH3 is 1. The molecular weight excluding hydrogens is 420 g/mol. The molecule has 0 radical (unpaired) electrons. The van der Waals surface area contributed by atoms with E-state index in [0.29, 0.717) is 13.0 Å². The molecular formula is C26H36N2O5. The van der Waals surface area contributed by atoms with Gasteiger partial charge in [-0.25, -0.2) is 4.79 Å². The summed E-state index contributed by atoms with van der Waals surface area (Å²) in [5.74, 6) is 0.686. The van der Waals surface area contributed by atoms with Crippen LogP contribution < -0.4 is 10.1 Å². The highest BCUT2D eigenvalue weighted by Crippen LogP contribution is 2.29. The van der Waals surface area contributed by atoms with E-state index in [1.54, 1.807) is 12.0 Å². The number of hydrogen-bond donors (Lipinski definition) is 2. The fourth-order valence-corrected chi connectivity index (χ4v) is 4.39. The van der Waals surface area contributed by atoms with Crippen molar-refractivity contribution in [3.05, 3.63) is 42.0 Å². The zero-order valence-corrected chi connectivity index (χ0v) is 20.1. The predicted molar refractivity (Wildman–Crippen MR) is 128 cm³/mol. The fourth-order valence-electron chi connectivity index (χ4n) is 4.39. The molecule has 0 aromatic heterocycles. The number of β-amino-alcohol motifs (C(OH)–C–C–N with tert-alkyl or cyclic N) is 1. The number of aliphatic hydroxyl groups is 1. The van der Waals surface area contributed by atoms with E-state index in [0.717, 1.165) is 30.4 Å². The minimum Gasteiger partial charge on any atom is -0.496 e. The molecule has 7 heteroatoms. The number of rotatable bonds is 9. The van der Waals surface area contributed by atoms with Crippen LogP contribution in [0.1, 0.15) is 45.6 Å². The standard InChI is InChI=1S/C26H36N2O5/c1-18-12-22(29)16-28(18)24(30)15-27-25(31)33-17-26(2,3)11-7-10-21-13-19-8-5-6-9-20(19)14-23(21)32-4/h5-6,8-9,13-14,18,22,29H,7,10-12,15-17H2,1-4H3,(H,27,31). The number of nitrogens with one attached hydrogen (secondary N) is 1. The van der Waals surface area contributed by atoms with Crippen molar-refractivity contribution in [3.63, 3.8) is 0 Å². The van der Waals surface area contributed by atoms with Gasteiger partial charge in [0.25, 0.3) is 0 Å². The van der Waals surface area contributed by atoms with E-state index >= 15 is 0 Å². The lowest BCUT2D eigenvalue weighted by molar-refractivity contribution is -0.131. The summed E-state index contributed by atoms with van der Waals surface area (Å²) in [5, 5.41) is 14.6. The molecule has 0 spiro atoms. The monoisotopic (exact) mass is 456 g/mol. The Balaban J connectivity index is 1.42. The third kappa shape index (κ3) is 6.84. The first-order valence-electron chi connectivity index (χ1n) is 11.6. The number of benzene rings is 2. The van der Waals surface area contributed by atoms with Gasteiger partial charge in [0.05, 0.1) is 19.8 Å². The second-order valence-corrected chi connectivity index (χ2v) is 9.74. The van der Waals surface area contributed by atoms with E-state index in [-0.39, 0.29) is 30.5 Å². The maximum absolute atomic E-state index is 12.3. The summed E-state index contributed by atoms with van der Waals surface area (Å²) in [6.45, 7) is 6.47. The average Bonchev–Trinajstić information content (AvgIpc) is 3.13. The maximum Gasteiger partial charge on any atom is 0.407 e. The molecule has 2 unspecified atom stereocenters. The Bertz CT molecular complexity index is 974. The van der Waals surface area contributed by atoms with Crippen LogP contribution in [-0.4, -0.2) is 61.0 Å². The van der Waals surface area contributed by atoms with E-state index in [1.165, 1.54) is 10.9 Å². The molecule has 2 amide bonds. The number of aryl methyl sites for hydroxylation is 1. The summed E-state index contributed by atoms with van der Waals surface area (Å²) in [6.07, 6.45) is 2.15. The smallest absolute Gasteiger partial charge is 0.407 e. The lowest BCUT2D eigenvalue weighted by Crippen LogP contribution is -2.42. The molecule has 0 bridgehead atoms. The van der Waals surface area contributed by atoms with Crippen molar-refractivity contribution < 1.29 is 24.2 Å². The number of ether oxygens (including phenoxy) is 2. The molecule has 7 nitrogen and oxygen atoms in total. The lowest BCUT2D eigenvalue weighted by Gasteiger charge is -2.25. The van der Waals surface area contributed by atoms with E-state index < -0.39 is 12.2 Å². The maximum atomic E-state index is 12.3. The molecule has 33 heavy (non-hydrogen) atoms. The van der Waals surface area contributed by atoms with Crippen molar-refractivity contribution in [2.24, 2.45) is 5.41 Å². The number of aliphatic hydroxyl groups excluding tert-OH is 1. The molecule has 180 valence electrons. The number of carbonyl (C=O) groups excluding carboxylic acids is 2. The van der Waals surface area contributed by atoms with Crippen LogP contribution in [0.3, 0.4) is 0 Å². The van der Waals surface area contributed by atoms with Crippen molar-refractivity contribution in [2.45, 2.75) is 58.6 Å². The first kappa shape index (κ1) is 24.8. The van der Waals surface area contributed by atoms with E-state index in [4.69, 9.17) is 9.47 Å². The zero-order chi connectivity index (χ0) is 24.0. The molecule has 1 saturated heterocycles. The highest BCUT2D eigenvalue weighted by molar-refractivity contribution is 5.85. The average molecular weight is 457 g/mol. The second kappa shape index (κ2) is 10.9. The van der Waals surface area contributed by atoms with Gasteiger partial charge in [-0.15, -0.1) is 0 Å². The lowest BCUT2D eigenvalue weighted by atomic mass is 9.87. The van der Waals surface area contributed by atoms with Gasteiger partial charge in [0.2, 0.25) is 5.91 Å². The molecule has 2 atom stereocenters. The minimum absolute atomic E-state index is 0.0227. The molecule has 2 aromatic rings. The van der Waals surface area contributed by atoms with Gasteiger partial charge in [0.1, 0.15) is 12.3 Å². The number of hydrogen-bond acceptors (Lipinski definition) is 5. The number of alkyl carbamates (subject to hydrolysis) is 1. The van der Waals surface area contributed by atoms with Crippen LogP contribution in [0.25, 0.3) is 10.8 Å². The van der Waals surface area contributed by atoms with Crippen molar-refractivity contribution in [2.75, 3.05) is 26.8 Å². The Morgan fingerprint density at radius 3 is 2.55 bits per heavy atom. The van der Waals surface area contributed by atoms with E-state index in [1.807, 2.05) is 19.1 Å². The van der Waals surface area contributed by atoms with Gasteiger partial charge in [-0.3, -0.25) is 4.79 Å². The van der Waals surface area contributed by atoms with Crippen LogP contribution in [0.4, 0.5) is 4.79 Å². The third-order valence-corrected chi connectivity index (χ3v) is 6.30. The summed E-state index contributed by atoms with van der Waals surface area (Å²) in [4.78, 5) is 25.9. The van der Waals surface area contributed by atoms with Gasteiger partial charge in [-0.05, 0) is 66.5 Å². The molecule has 0 aliphatic carbocycles. The summed E-state index contributed by atoms with van der Waals surface area (Å²) in [6, 6.07) is 12.5. The Labute approximate surface area is 196 Å². The Hall–Kier alpha value is -2.80. The van der Waals surface area contributed by atoms with Crippen molar-refractivity contribution >= 4 is 22.8 Å². The molecule has 3 rings (SSSR count). The van der Waals surface area contributed by atoms with E-state index in [9.17, 15) is 14.7 Å². The largest absolute Gasteiger partial charge is 0.496 e. The first-order valence-corrected chi connectivity index (χ1v) is 11.6. The highest BCUT2D eigenvalue weighted by Gasteiger charge is 2.31. The Morgan fingerprint density at radius 2 is 1.91 bits per heavy atom. The van der Waals surface area contributed by atoms with Gasteiger partial charge in [0, 0.05) is 12.6 Å². The van der Waals surface area contributed by atoms with Gasteiger partial charge in [-0.2, -0.15) is 0 Å². The SMILES string of the molecule is COc1cc2ccccc2cc1CCCC(C)(C)COC(=O)NCC(=O)N1CC(O)CC1C. The number of fused-ring (bicyclic) bond motifs is 1. The van der Waals surface area contributed by atoms with Crippen LogP contribution in [0.5, 0.6) is 5.75 Å². The normalized spacial score (nSPS) is 18.4. The van der Waals surface area contributed by atoms with Gasteiger partial charge >= 0.3 is 6.09 Å². The molecule has 0 saturated carbocycles. The van der Waals surface area contributed by atoms with Crippen LogP contribution in [0.2, 0.25) is 0 Å². The first-order chi connectivity index (χ1) is 15.7. The number of nitrogens with zero attached hydrogens (tertiary/aromatic N) is 1.